The third-order valence-electron chi connectivity index (χ3n) is 5.07. The van der Waals surface area contributed by atoms with Gasteiger partial charge in [-0.3, -0.25) is 14.6 Å². The fourth-order valence-electron chi connectivity index (χ4n) is 3.77. The van der Waals surface area contributed by atoms with Gasteiger partial charge in [-0.2, -0.15) is 10.2 Å². The maximum Gasteiger partial charge on any atom is 0.226 e. The minimum atomic E-state index is 0.0278. The summed E-state index contributed by atoms with van der Waals surface area (Å²) in [5.74, 6) is 0.0278. The van der Waals surface area contributed by atoms with Crippen molar-refractivity contribution in [1.29, 1.82) is 0 Å². The Morgan fingerprint density at radius 1 is 1.18 bits per heavy atom. The highest BCUT2D eigenvalue weighted by molar-refractivity contribution is 6.02. The van der Waals surface area contributed by atoms with Crippen molar-refractivity contribution in [3.05, 3.63) is 48.8 Å². The van der Waals surface area contributed by atoms with Crippen LogP contribution in [0.4, 0.5) is 11.4 Å². The molecule has 7 heteroatoms. The maximum absolute atomic E-state index is 12.1. The number of para-hydroxylation sites is 1. The summed E-state index contributed by atoms with van der Waals surface area (Å²) >= 11 is 0. The van der Waals surface area contributed by atoms with Gasteiger partial charge in [-0.25, -0.2) is 0 Å². The molecule has 0 radical (unpaired) electrons. The number of aromatic nitrogens is 4. The van der Waals surface area contributed by atoms with Crippen LogP contribution >= 0.6 is 0 Å². The Bertz CT molecular complexity index is 1200. The highest BCUT2D eigenvalue weighted by Crippen LogP contribution is 2.38. The van der Waals surface area contributed by atoms with Crippen LogP contribution in [0.1, 0.15) is 13.3 Å². The van der Waals surface area contributed by atoms with Crippen LogP contribution in [0.15, 0.2) is 48.8 Å². The van der Waals surface area contributed by atoms with Crippen LogP contribution in [0.2, 0.25) is 0 Å². The van der Waals surface area contributed by atoms with Gasteiger partial charge in [0.1, 0.15) is 5.69 Å². The number of hydrogen-bond donors (Lipinski definition) is 3. The van der Waals surface area contributed by atoms with E-state index >= 15 is 0 Å². The number of amides is 1. The largest absolute Gasteiger partial charge is 0.380 e. The van der Waals surface area contributed by atoms with Gasteiger partial charge in [-0.05, 0) is 30.7 Å². The molecule has 3 heterocycles. The first-order valence-electron chi connectivity index (χ1n) is 9.25. The van der Waals surface area contributed by atoms with Crippen LogP contribution in [0.3, 0.4) is 0 Å². The second-order valence-electron chi connectivity index (χ2n) is 7.26. The monoisotopic (exact) mass is 372 g/mol. The van der Waals surface area contributed by atoms with E-state index < -0.39 is 0 Å². The normalized spacial score (nSPS) is 16.4. The lowest BCUT2D eigenvalue weighted by Crippen LogP contribution is -2.19. The van der Waals surface area contributed by atoms with Crippen LogP contribution in [-0.4, -0.2) is 31.9 Å². The quantitative estimate of drug-likeness (QED) is 0.500. The average molecular weight is 372 g/mol. The minimum absolute atomic E-state index is 0.0278. The molecule has 5 rings (SSSR count). The van der Waals surface area contributed by atoms with Gasteiger partial charge in [-0.15, -0.1) is 0 Å². The molecule has 1 amide bonds. The number of aryl methyl sites for hydroxylation is 1. The number of anilines is 2. The molecule has 2 aromatic heterocycles. The first kappa shape index (κ1) is 16.6. The Morgan fingerprint density at radius 2 is 2.07 bits per heavy atom. The summed E-state index contributed by atoms with van der Waals surface area (Å²) in [7, 11) is 1.89. The van der Waals surface area contributed by atoms with Crippen LogP contribution in [0.5, 0.6) is 0 Å². The Hall–Kier alpha value is -3.61. The van der Waals surface area contributed by atoms with Gasteiger partial charge in [0, 0.05) is 42.2 Å². The van der Waals surface area contributed by atoms with E-state index in [2.05, 4.69) is 44.1 Å². The Morgan fingerprint density at radius 3 is 2.89 bits per heavy atom. The lowest BCUT2D eigenvalue weighted by atomic mass is 9.99. The molecule has 3 N–H and O–H groups in total. The molecule has 28 heavy (non-hydrogen) atoms. The van der Waals surface area contributed by atoms with E-state index in [1.165, 1.54) is 0 Å². The van der Waals surface area contributed by atoms with Crippen molar-refractivity contribution in [2.75, 3.05) is 10.6 Å². The van der Waals surface area contributed by atoms with Crippen LogP contribution in [0, 0.1) is 0 Å². The lowest BCUT2D eigenvalue weighted by Gasteiger charge is -2.16. The number of benzene rings is 2. The summed E-state index contributed by atoms with van der Waals surface area (Å²) in [5, 5.41) is 19.4. The predicted molar refractivity (Wildman–Crippen MR) is 110 cm³/mol. The molecule has 0 saturated heterocycles. The second-order valence-corrected chi connectivity index (χ2v) is 7.26. The molecular formula is C21H20N6O. The van der Waals surface area contributed by atoms with Crippen molar-refractivity contribution >= 4 is 28.2 Å². The van der Waals surface area contributed by atoms with Gasteiger partial charge in [0.25, 0.3) is 0 Å². The number of nitrogens with zero attached hydrogens (tertiary/aromatic N) is 3. The molecule has 0 bridgehead atoms. The fraction of sp³-hybridized carbons (Fsp3) is 0.190. The topological polar surface area (TPSA) is 87.6 Å². The molecule has 1 aliphatic rings. The SMILES string of the molecule is CC1CC(=O)Nc2cccc(-c3ccc4[nH]nc(-c5cnn(C)c5)c4c3)c2N1. The second kappa shape index (κ2) is 6.23. The molecule has 0 spiro atoms. The summed E-state index contributed by atoms with van der Waals surface area (Å²) in [6, 6.07) is 12.3. The van der Waals surface area contributed by atoms with E-state index in [9.17, 15) is 4.79 Å². The molecule has 1 aliphatic heterocycles. The van der Waals surface area contributed by atoms with Crippen LogP contribution in [0.25, 0.3) is 33.3 Å². The van der Waals surface area contributed by atoms with Gasteiger partial charge < -0.3 is 10.6 Å². The molecule has 4 aromatic rings. The van der Waals surface area contributed by atoms with Crippen molar-refractivity contribution in [2.24, 2.45) is 7.05 Å². The van der Waals surface area contributed by atoms with Gasteiger partial charge in [0.05, 0.1) is 23.1 Å². The standard InChI is InChI=1S/C21H20N6O/c1-12-8-19(28)24-18-5-3-4-15(21(18)23-12)13-6-7-17-16(9-13)20(26-25-17)14-10-22-27(2)11-14/h3-7,9-12,23H,8H2,1-2H3,(H,24,28)(H,25,26). The highest BCUT2D eigenvalue weighted by atomic mass is 16.1. The number of aromatic amines is 1. The summed E-state index contributed by atoms with van der Waals surface area (Å²) < 4.78 is 1.77. The van der Waals surface area contributed by atoms with E-state index in [4.69, 9.17) is 0 Å². The minimum Gasteiger partial charge on any atom is -0.380 e. The fourth-order valence-corrected chi connectivity index (χ4v) is 3.77. The summed E-state index contributed by atoms with van der Waals surface area (Å²) in [5.41, 5.74) is 6.69. The van der Waals surface area contributed by atoms with Gasteiger partial charge in [-0.1, -0.05) is 18.2 Å². The molecule has 7 nitrogen and oxygen atoms in total. The Labute approximate surface area is 161 Å². The zero-order valence-electron chi connectivity index (χ0n) is 15.7. The number of carbonyl (C=O) groups is 1. The van der Waals surface area contributed by atoms with E-state index in [1.807, 2.05) is 44.6 Å². The average Bonchev–Trinajstić information content (AvgIpc) is 3.24. The van der Waals surface area contributed by atoms with E-state index in [0.717, 1.165) is 44.7 Å². The van der Waals surface area contributed by atoms with Crippen molar-refractivity contribution in [3.8, 4) is 22.4 Å². The Balaban J connectivity index is 1.66. The molecule has 0 fully saturated rings. The zero-order chi connectivity index (χ0) is 19.3. The predicted octanol–water partition coefficient (Wildman–Crippen LogP) is 3.77. The van der Waals surface area contributed by atoms with Crippen LogP contribution in [-0.2, 0) is 11.8 Å². The molecule has 2 aromatic carbocycles. The third kappa shape index (κ3) is 2.72. The summed E-state index contributed by atoms with van der Waals surface area (Å²) in [6.07, 6.45) is 4.21. The smallest absolute Gasteiger partial charge is 0.226 e. The molecular weight excluding hydrogens is 352 g/mol. The maximum atomic E-state index is 12.1. The zero-order valence-corrected chi connectivity index (χ0v) is 15.7. The summed E-state index contributed by atoms with van der Waals surface area (Å²) in [4.78, 5) is 12.1. The Kier molecular flexibility index (Phi) is 3.68. The molecule has 0 saturated carbocycles. The van der Waals surface area contributed by atoms with Crippen molar-refractivity contribution in [3.63, 3.8) is 0 Å². The van der Waals surface area contributed by atoms with Gasteiger partial charge >= 0.3 is 0 Å². The number of fused-ring (bicyclic) bond motifs is 2. The molecule has 1 unspecified atom stereocenters. The van der Waals surface area contributed by atoms with Gasteiger partial charge in [0.15, 0.2) is 0 Å². The molecule has 0 aliphatic carbocycles. The lowest BCUT2D eigenvalue weighted by molar-refractivity contribution is -0.116. The number of H-pyrrole nitrogens is 1. The number of hydrogen-bond acceptors (Lipinski definition) is 4. The van der Waals surface area contributed by atoms with Crippen molar-refractivity contribution < 1.29 is 4.79 Å². The van der Waals surface area contributed by atoms with Crippen molar-refractivity contribution in [1.82, 2.24) is 20.0 Å². The first-order chi connectivity index (χ1) is 13.6. The number of carbonyl (C=O) groups excluding carboxylic acids is 1. The number of nitrogens with one attached hydrogen (secondary N) is 3. The summed E-state index contributed by atoms with van der Waals surface area (Å²) in [6.45, 7) is 2.02. The van der Waals surface area contributed by atoms with E-state index in [0.29, 0.717) is 6.42 Å². The van der Waals surface area contributed by atoms with Crippen molar-refractivity contribution in [2.45, 2.75) is 19.4 Å². The van der Waals surface area contributed by atoms with Crippen LogP contribution < -0.4 is 10.6 Å². The van der Waals surface area contributed by atoms with Gasteiger partial charge in [0.2, 0.25) is 5.91 Å². The molecule has 1 atom stereocenters. The highest BCUT2D eigenvalue weighted by Gasteiger charge is 2.21. The molecule has 140 valence electrons. The van der Waals surface area contributed by atoms with E-state index in [-0.39, 0.29) is 11.9 Å². The number of rotatable bonds is 2. The van der Waals surface area contributed by atoms with E-state index in [1.54, 1.807) is 4.68 Å². The first-order valence-corrected chi connectivity index (χ1v) is 9.25. The third-order valence-corrected chi connectivity index (χ3v) is 5.07.